The van der Waals surface area contributed by atoms with Gasteiger partial charge in [-0.25, -0.2) is 0 Å². The van der Waals surface area contributed by atoms with E-state index in [-0.39, 0.29) is 5.41 Å². The molecule has 6 heteroatoms. The molecule has 4 nitrogen and oxygen atoms in total. The van der Waals surface area contributed by atoms with Crippen molar-refractivity contribution in [2.24, 2.45) is 11.1 Å². The van der Waals surface area contributed by atoms with Gasteiger partial charge in [0.2, 0.25) is 11.7 Å². The summed E-state index contributed by atoms with van der Waals surface area (Å²) in [6.45, 7) is 5.15. The van der Waals surface area contributed by atoms with Crippen molar-refractivity contribution < 1.29 is 4.52 Å². The highest BCUT2D eigenvalue weighted by molar-refractivity contribution is 9.10. The van der Waals surface area contributed by atoms with Gasteiger partial charge in [0.15, 0.2) is 0 Å². The zero-order valence-electron chi connectivity index (χ0n) is 11.1. The first-order valence-electron chi connectivity index (χ1n) is 6.27. The van der Waals surface area contributed by atoms with Crippen molar-refractivity contribution in [2.75, 3.05) is 6.54 Å². The molecule has 2 aromatic rings. The molecule has 0 bridgehead atoms. The van der Waals surface area contributed by atoms with Crippen LogP contribution in [-0.2, 0) is 6.42 Å². The van der Waals surface area contributed by atoms with Gasteiger partial charge in [-0.3, -0.25) is 0 Å². The van der Waals surface area contributed by atoms with Gasteiger partial charge in [-0.2, -0.15) is 4.98 Å². The van der Waals surface area contributed by atoms with Gasteiger partial charge in [-0.1, -0.05) is 19.0 Å². The van der Waals surface area contributed by atoms with Crippen molar-refractivity contribution in [2.45, 2.75) is 33.1 Å². The molecule has 0 aromatic carbocycles. The predicted octanol–water partition coefficient (Wildman–Crippen LogP) is 3.87. The third kappa shape index (κ3) is 4.12. The molecule has 0 aliphatic rings. The first-order valence-corrected chi connectivity index (χ1v) is 7.94. The molecule has 0 fully saturated rings. The van der Waals surface area contributed by atoms with Crippen LogP contribution in [0.4, 0.5) is 0 Å². The summed E-state index contributed by atoms with van der Waals surface area (Å²) in [5.74, 6) is 1.37. The zero-order valence-corrected chi connectivity index (χ0v) is 13.6. The van der Waals surface area contributed by atoms with Crippen LogP contribution in [0.15, 0.2) is 20.4 Å². The maximum atomic E-state index is 5.61. The fraction of sp³-hybridized carbons (Fsp3) is 0.538. The predicted molar refractivity (Wildman–Crippen MR) is 81.1 cm³/mol. The summed E-state index contributed by atoms with van der Waals surface area (Å²) in [5.41, 5.74) is 5.83. The van der Waals surface area contributed by atoms with Crippen LogP contribution in [0.3, 0.4) is 0 Å². The van der Waals surface area contributed by atoms with Crippen LogP contribution in [0.5, 0.6) is 0 Å². The maximum Gasteiger partial charge on any atom is 0.227 e. The monoisotopic (exact) mass is 343 g/mol. The molecule has 2 heterocycles. The first kappa shape index (κ1) is 14.7. The number of aromatic nitrogens is 2. The third-order valence-electron chi connectivity index (χ3n) is 3.09. The summed E-state index contributed by atoms with van der Waals surface area (Å²) in [7, 11) is 0. The van der Waals surface area contributed by atoms with Crippen LogP contribution in [0, 0.1) is 5.41 Å². The molecule has 0 radical (unpaired) electrons. The molecular formula is C13H18BrN3OS. The van der Waals surface area contributed by atoms with Gasteiger partial charge in [-0.05, 0) is 46.8 Å². The van der Waals surface area contributed by atoms with Crippen molar-refractivity contribution in [3.63, 3.8) is 0 Å². The zero-order chi connectivity index (χ0) is 13.9. The topological polar surface area (TPSA) is 64.9 Å². The Bertz CT molecular complexity index is 535. The minimum atomic E-state index is 0.218. The second kappa shape index (κ2) is 6.15. The van der Waals surface area contributed by atoms with E-state index in [1.54, 1.807) is 11.3 Å². The summed E-state index contributed by atoms with van der Waals surface area (Å²) in [4.78, 5) is 5.45. The molecule has 0 saturated heterocycles. The summed E-state index contributed by atoms with van der Waals surface area (Å²) >= 11 is 5.02. The summed E-state index contributed by atoms with van der Waals surface area (Å²) in [6, 6.07) is 2.00. The van der Waals surface area contributed by atoms with Crippen molar-refractivity contribution in [1.82, 2.24) is 10.1 Å². The van der Waals surface area contributed by atoms with Gasteiger partial charge in [0, 0.05) is 16.3 Å². The highest BCUT2D eigenvalue weighted by Crippen LogP contribution is 2.29. The van der Waals surface area contributed by atoms with Crippen molar-refractivity contribution in [3.8, 4) is 10.7 Å². The van der Waals surface area contributed by atoms with Gasteiger partial charge in [-0.15, -0.1) is 11.3 Å². The standard InChI is InChI=1S/C13H18BrN3OS/c1-13(2,5-6-15)4-3-11-16-12(17-18-11)10-7-9(14)8-19-10/h7-8H,3-6,15H2,1-2H3. The van der Waals surface area contributed by atoms with E-state index in [1.807, 2.05) is 11.4 Å². The second-order valence-electron chi connectivity index (χ2n) is 5.34. The van der Waals surface area contributed by atoms with E-state index >= 15 is 0 Å². The molecule has 2 aromatic heterocycles. The van der Waals surface area contributed by atoms with Gasteiger partial charge in [0.1, 0.15) is 0 Å². The molecular weight excluding hydrogens is 326 g/mol. The molecule has 2 rings (SSSR count). The number of rotatable bonds is 6. The van der Waals surface area contributed by atoms with Gasteiger partial charge < -0.3 is 10.3 Å². The Morgan fingerprint density at radius 3 is 2.84 bits per heavy atom. The van der Waals surface area contributed by atoms with E-state index in [0.717, 1.165) is 28.6 Å². The fourth-order valence-corrected chi connectivity index (χ4v) is 3.20. The van der Waals surface area contributed by atoms with Gasteiger partial charge in [0.05, 0.1) is 4.88 Å². The van der Waals surface area contributed by atoms with Crippen molar-refractivity contribution in [3.05, 3.63) is 21.8 Å². The molecule has 0 saturated carbocycles. The van der Waals surface area contributed by atoms with Crippen molar-refractivity contribution in [1.29, 1.82) is 0 Å². The third-order valence-corrected chi connectivity index (χ3v) is 4.78. The fourth-order valence-electron chi connectivity index (χ4n) is 1.85. The highest BCUT2D eigenvalue weighted by atomic mass is 79.9. The highest BCUT2D eigenvalue weighted by Gasteiger charge is 2.19. The van der Waals surface area contributed by atoms with Crippen LogP contribution in [0.2, 0.25) is 0 Å². The molecule has 0 unspecified atom stereocenters. The van der Waals surface area contributed by atoms with E-state index in [2.05, 4.69) is 39.9 Å². The molecule has 104 valence electrons. The number of aryl methyl sites for hydroxylation is 1. The number of nitrogens with two attached hydrogens (primary N) is 1. The normalized spacial score (nSPS) is 12.0. The number of nitrogens with zero attached hydrogens (tertiary/aromatic N) is 2. The van der Waals surface area contributed by atoms with E-state index in [4.69, 9.17) is 10.3 Å². The molecule has 0 aliphatic heterocycles. The molecule has 0 atom stereocenters. The second-order valence-corrected chi connectivity index (χ2v) is 7.17. The summed E-state index contributed by atoms with van der Waals surface area (Å²) in [6.07, 6.45) is 2.80. The number of hydrogen-bond donors (Lipinski definition) is 1. The van der Waals surface area contributed by atoms with Crippen molar-refractivity contribution >= 4 is 27.3 Å². The molecule has 2 N–H and O–H groups in total. The average molecular weight is 344 g/mol. The van der Waals surface area contributed by atoms with E-state index < -0.39 is 0 Å². The van der Waals surface area contributed by atoms with Crippen LogP contribution in [-0.4, -0.2) is 16.7 Å². The SMILES string of the molecule is CC(C)(CCN)CCc1nc(-c2cc(Br)cs2)no1. The van der Waals surface area contributed by atoms with E-state index in [1.165, 1.54) is 0 Å². The minimum Gasteiger partial charge on any atom is -0.339 e. The first-order chi connectivity index (χ1) is 9.00. The van der Waals surface area contributed by atoms with Gasteiger partial charge in [0.25, 0.3) is 0 Å². The number of hydrogen-bond acceptors (Lipinski definition) is 5. The van der Waals surface area contributed by atoms with Gasteiger partial charge >= 0.3 is 0 Å². The van der Waals surface area contributed by atoms with Crippen LogP contribution >= 0.6 is 27.3 Å². The van der Waals surface area contributed by atoms with E-state index in [9.17, 15) is 0 Å². The Balaban J connectivity index is 1.98. The lowest BCUT2D eigenvalue weighted by Crippen LogP contribution is -2.17. The molecule has 0 amide bonds. The average Bonchev–Trinajstić information content (AvgIpc) is 2.95. The lowest BCUT2D eigenvalue weighted by Gasteiger charge is -2.22. The largest absolute Gasteiger partial charge is 0.339 e. The lowest BCUT2D eigenvalue weighted by atomic mass is 9.84. The van der Waals surface area contributed by atoms with Crippen LogP contribution < -0.4 is 5.73 Å². The Morgan fingerprint density at radius 2 is 2.21 bits per heavy atom. The summed E-state index contributed by atoms with van der Waals surface area (Å²) in [5, 5.41) is 6.03. The minimum absolute atomic E-state index is 0.218. The van der Waals surface area contributed by atoms with Crippen LogP contribution in [0.25, 0.3) is 10.7 Å². The Labute approximate surface area is 125 Å². The van der Waals surface area contributed by atoms with E-state index in [0.29, 0.717) is 18.3 Å². The smallest absolute Gasteiger partial charge is 0.227 e. The Morgan fingerprint density at radius 1 is 1.42 bits per heavy atom. The lowest BCUT2D eigenvalue weighted by molar-refractivity contribution is 0.289. The quantitative estimate of drug-likeness (QED) is 0.864. The molecule has 0 aliphatic carbocycles. The Kier molecular flexibility index (Phi) is 4.76. The summed E-state index contributed by atoms with van der Waals surface area (Å²) < 4.78 is 6.35. The number of halogens is 1. The maximum absolute atomic E-state index is 5.61. The van der Waals surface area contributed by atoms with Crippen LogP contribution in [0.1, 0.15) is 32.6 Å². The molecule has 0 spiro atoms. The number of thiophene rings is 1. The molecule has 19 heavy (non-hydrogen) atoms. The Hall–Kier alpha value is -0.720.